The van der Waals surface area contributed by atoms with Crippen molar-refractivity contribution in [1.29, 1.82) is 0 Å². The van der Waals surface area contributed by atoms with Gasteiger partial charge < -0.3 is 0 Å². The highest BCUT2D eigenvalue weighted by Crippen LogP contribution is 2.49. The van der Waals surface area contributed by atoms with Gasteiger partial charge in [-0.15, -0.1) is 0 Å². The molecule has 0 unspecified atom stereocenters. The molecule has 0 atom stereocenters. The van der Waals surface area contributed by atoms with Crippen molar-refractivity contribution in [3.63, 3.8) is 0 Å². The van der Waals surface area contributed by atoms with Crippen LogP contribution in [-0.2, 0) is 5.41 Å². The molecule has 0 radical (unpaired) electrons. The number of rotatable bonds is 4. The summed E-state index contributed by atoms with van der Waals surface area (Å²) in [5.74, 6) is 0.727. The van der Waals surface area contributed by atoms with Gasteiger partial charge in [0, 0.05) is 22.1 Å². The Labute approximate surface area is 229 Å². The van der Waals surface area contributed by atoms with Gasteiger partial charge in [0.15, 0.2) is 5.82 Å². The highest BCUT2D eigenvalue weighted by atomic mass is 14.9. The molecular weight excluding hydrogens is 472 g/mol. The van der Waals surface area contributed by atoms with Crippen LogP contribution in [0, 0.1) is 0 Å². The fraction of sp³-hybridized carbons (Fsp3) is 0.0811. The number of hydrogen-bond donors (Lipinski definition) is 0. The summed E-state index contributed by atoms with van der Waals surface area (Å²) in [6, 6.07) is 47.0. The van der Waals surface area contributed by atoms with Crippen LogP contribution < -0.4 is 0 Å². The Balaban J connectivity index is 1.35. The maximum absolute atomic E-state index is 5.03. The topological polar surface area (TPSA) is 25.8 Å². The first-order chi connectivity index (χ1) is 19.1. The van der Waals surface area contributed by atoms with Crippen molar-refractivity contribution < 1.29 is 0 Å². The second kappa shape index (κ2) is 9.18. The summed E-state index contributed by atoms with van der Waals surface area (Å²) in [6.45, 7) is 4.64. The van der Waals surface area contributed by atoms with E-state index in [1.54, 1.807) is 0 Å². The van der Waals surface area contributed by atoms with Crippen molar-refractivity contribution in [2.45, 2.75) is 19.3 Å². The SMILES string of the molecule is CC1(C)c2ccccc2-c2cc(-c3cccc(-c4nc(-c5ccccc5)cc(-c5ccccc5)n4)c3)ccc21. The molecule has 0 saturated heterocycles. The zero-order chi connectivity index (χ0) is 26.4. The molecule has 1 aliphatic rings. The quantitative estimate of drug-likeness (QED) is 0.241. The van der Waals surface area contributed by atoms with Gasteiger partial charge in [0.25, 0.3) is 0 Å². The van der Waals surface area contributed by atoms with Gasteiger partial charge in [-0.1, -0.05) is 129 Å². The fourth-order valence-electron chi connectivity index (χ4n) is 5.83. The summed E-state index contributed by atoms with van der Waals surface area (Å²) in [7, 11) is 0. The van der Waals surface area contributed by atoms with Crippen LogP contribution in [0.15, 0.2) is 133 Å². The maximum atomic E-state index is 5.03. The van der Waals surface area contributed by atoms with E-state index in [0.29, 0.717) is 0 Å². The van der Waals surface area contributed by atoms with E-state index in [4.69, 9.17) is 9.97 Å². The highest BCUT2D eigenvalue weighted by Gasteiger charge is 2.35. The second-order valence-electron chi connectivity index (χ2n) is 10.7. The van der Waals surface area contributed by atoms with Gasteiger partial charge in [0.1, 0.15) is 0 Å². The molecule has 6 aromatic rings. The van der Waals surface area contributed by atoms with Gasteiger partial charge >= 0.3 is 0 Å². The molecular formula is C37H28N2. The molecule has 0 saturated carbocycles. The average molecular weight is 501 g/mol. The third-order valence-corrected chi connectivity index (χ3v) is 7.90. The van der Waals surface area contributed by atoms with E-state index in [1.807, 2.05) is 36.4 Å². The Kier molecular flexibility index (Phi) is 5.49. The Morgan fingerprint density at radius 3 is 1.64 bits per heavy atom. The smallest absolute Gasteiger partial charge is 0.160 e. The number of fused-ring (bicyclic) bond motifs is 3. The molecule has 5 aromatic carbocycles. The minimum absolute atomic E-state index is 0.00582. The van der Waals surface area contributed by atoms with Crippen molar-refractivity contribution in [2.24, 2.45) is 0 Å². The molecule has 1 aromatic heterocycles. The molecule has 2 heteroatoms. The first-order valence-electron chi connectivity index (χ1n) is 13.4. The van der Waals surface area contributed by atoms with Crippen LogP contribution in [0.25, 0.3) is 56.2 Å². The third-order valence-electron chi connectivity index (χ3n) is 7.90. The first-order valence-corrected chi connectivity index (χ1v) is 13.4. The average Bonchev–Trinajstić information content (AvgIpc) is 3.24. The van der Waals surface area contributed by atoms with Crippen LogP contribution in [0.2, 0.25) is 0 Å². The fourth-order valence-corrected chi connectivity index (χ4v) is 5.83. The number of hydrogen-bond acceptors (Lipinski definition) is 2. The van der Waals surface area contributed by atoms with Gasteiger partial charge in [-0.2, -0.15) is 0 Å². The van der Waals surface area contributed by atoms with E-state index in [-0.39, 0.29) is 5.41 Å². The van der Waals surface area contributed by atoms with E-state index in [2.05, 4.69) is 111 Å². The highest BCUT2D eigenvalue weighted by molar-refractivity contribution is 5.85. The molecule has 0 bridgehead atoms. The van der Waals surface area contributed by atoms with E-state index in [1.165, 1.54) is 27.8 Å². The Morgan fingerprint density at radius 1 is 0.410 bits per heavy atom. The minimum Gasteiger partial charge on any atom is -0.228 e. The van der Waals surface area contributed by atoms with Crippen LogP contribution in [0.3, 0.4) is 0 Å². The lowest BCUT2D eigenvalue weighted by molar-refractivity contribution is 0.660. The van der Waals surface area contributed by atoms with Crippen LogP contribution in [0.4, 0.5) is 0 Å². The van der Waals surface area contributed by atoms with Gasteiger partial charge in [-0.25, -0.2) is 9.97 Å². The minimum atomic E-state index is 0.00582. The standard InChI is InChI=1S/C37H28N2/c1-37(2)32-19-10-9-18-30(32)31-23-28(20-21-33(31)37)27-16-11-17-29(22-27)36-38-34(25-12-5-3-6-13-25)24-35(39-36)26-14-7-4-8-15-26/h3-24H,1-2H3. The first kappa shape index (κ1) is 23.3. The van der Waals surface area contributed by atoms with Crippen LogP contribution in [-0.4, -0.2) is 9.97 Å². The summed E-state index contributed by atoms with van der Waals surface area (Å²) in [6.07, 6.45) is 0. The molecule has 1 heterocycles. The van der Waals surface area contributed by atoms with Crippen LogP contribution in [0.1, 0.15) is 25.0 Å². The lowest BCUT2D eigenvalue weighted by Crippen LogP contribution is -2.14. The number of benzene rings is 5. The van der Waals surface area contributed by atoms with Crippen LogP contribution in [0.5, 0.6) is 0 Å². The van der Waals surface area contributed by atoms with Crippen molar-refractivity contribution in [1.82, 2.24) is 9.97 Å². The molecule has 2 nitrogen and oxygen atoms in total. The zero-order valence-corrected chi connectivity index (χ0v) is 22.1. The lowest BCUT2D eigenvalue weighted by atomic mass is 9.82. The van der Waals surface area contributed by atoms with E-state index in [9.17, 15) is 0 Å². The molecule has 39 heavy (non-hydrogen) atoms. The number of aromatic nitrogens is 2. The molecule has 186 valence electrons. The third kappa shape index (κ3) is 4.06. The molecule has 0 fully saturated rings. The largest absolute Gasteiger partial charge is 0.228 e. The Hall–Kier alpha value is -4.82. The Morgan fingerprint density at radius 2 is 0.949 bits per heavy atom. The summed E-state index contributed by atoms with van der Waals surface area (Å²) in [5.41, 5.74) is 12.8. The molecule has 0 aliphatic heterocycles. The van der Waals surface area contributed by atoms with Crippen LogP contribution >= 0.6 is 0 Å². The summed E-state index contributed by atoms with van der Waals surface area (Å²) < 4.78 is 0. The molecule has 0 amide bonds. The monoisotopic (exact) mass is 500 g/mol. The van der Waals surface area contributed by atoms with Crippen molar-refractivity contribution in [3.8, 4) is 56.2 Å². The Bertz CT molecular complexity index is 1760. The second-order valence-corrected chi connectivity index (χ2v) is 10.7. The summed E-state index contributed by atoms with van der Waals surface area (Å²) >= 11 is 0. The van der Waals surface area contributed by atoms with Gasteiger partial charge in [-0.3, -0.25) is 0 Å². The summed E-state index contributed by atoms with van der Waals surface area (Å²) in [5, 5.41) is 0. The molecule has 0 spiro atoms. The normalized spacial score (nSPS) is 13.1. The molecule has 0 N–H and O–H groups in total. The van der Waals surface area contributed by atoms with Crippen molar-refractivity contribution in [3.05, 3.63) is 145 Å². The van der Waals surface area contributed by atoms with Gasteiger partial charge in [0.2, 0.25) is 0 Å². The van der Waals surface area contributed by atoms with E-state index >= 15 is 0 Å². The van der Waals surface area contributed by atoms with E-state index < -0.39 is 0 Å². The number of nitrogens with zero attached hydrogens (tertiary/aromatic N) is 2. The predicted molar refractivity (Wildman–Crippen MR) is 161 cm³/mol. The molecule has 1 aliphatic carbocycles. The predicted octanol–water partition coefficient (Wildman–Crippen LogP) is 9.45. The van der Waals surface area contributed by atoms with E-state index in [0.717, 1.165) is 39.5 Å². The zero-order valence-electron chi connectivity index (χ0n) is 22.1. The lowest BCUT2D eigenvalue weighted by Gasteiger charge is -2.21. The van der Waals surface area contributed by atoms with Crippen molar-refractivity contribution >= 4 is 0 Å². The summed E-state index contributed by atoms with van der Waals surface area (Å²) in [4.78, 5) is 10.1. The van der Waals surface area contributed by atoms with Gasteiger partial charge in [-0.05, 0) is 51.6 Å². The van der Waals surface area contributed by atoms with Gasteiger partial charge in [0.05, 0.1) is 11.4 Å². The van der Waals surface area contributed by atoms with Crippen molar-refractivity contribution in [2.75, 3.05) is 0 Å². The molecule has 7 rings (SSSR count). The maximum Gasteiger partial charge on any atom is 0.160 e.